The third-order valence-corrected chi connectivity index (χ3v) is 4.78. The van der Waals surface area contributed by atoms with Crippen LogP contribution in [0.25, 0.3) is 11.4 Å². The van der Waals surface area contributed by atoms with E-state index in [1.165, 1.54) is 24.2 Å². The number of carbonyl (C=O) groups excluding carboxylic acids is 1. The zero-order valence-corrected chi connectivity index (χ0v) is 17.1. The number of hydrogen-bond acceptors (Lipinski definition) is 8. The highest BCUT2D eigenvalue weighted by molar-refractivity contribution is 5.96. The van der Waals surface area contributed by atoms with Crippen molar-refractivity contribution in [2.45, 2.75) is 19.4 Å². The van der Waals surface area contributed by atoms with E-state index in [2.05, 4.69) is 30.9 Å². The minimum absolute atomic E-state index is 0.0474. The molecule has 1 fully saturated rings. The molecule has 1 aromatic carbocycles. The lowest BCUT2D eigenvalue weighted by Gasteiger charge is -2.15. The maximum absolute atomic E-state index is 12.6. The van der Waals surface area contributed by atoms with Gasteiger partial charge in [0.15, 0.2) is 23.1 Å². The summed E-state index contributed by atoms with van der Waals surface area (Å²) in [5.41, 5.74) is 0.732. The Balaban J connectivity index is 1.67. The lowest BCUT2D eigenvalue weighted by Crippen LogP contribution is -2.16. The maximum atomic E-state index is 12.6. The number of aromatic carboxylic acids is 1. The van der Waals surface area contributed by atoms with Crippen molar-refractivity contribution in [2.24, 2.45) is 5.92 Å². The SMILES string of the molecule is COc1c(Nc2cc(NC(=O)C3CC3)nnc2C(=O)O)cccc1-c1ncn(CCF)n1. The monoisotopic (exact) mass is 441 g/mol. The van der Waals surface area contributed by atoms with Crippen LogP contribution in [0.4, 0.5) is 21.6 Å². The Labute approximate surface area is 181 Å². The minimum atomic E-state index is -1.29. The lowest BCUT2D eigenvalue weighted by molar-refractivity contribution is -0.117. The summed E-state index contributed by atoms with van der Waals surface area (Å²) in [6.07, 6.45) is 3.05. The molecule has 1 saturated carbocycles. The molecule has 0 bridgehead atoms. The molecule has 1 aliphatic rings. The van der Waals surface area contributed by atoms with Crippen LogP contribution in [0.15, 0.2) is 30.6 Å². The van der Waals surface area contributed by atoms with Gasteiger partial charge in [0.05, 0.1) is 30.6 Å². The second-order valence-corrected chi connectivity index (χ2v) is 7.09. The standard InChI is InChI=1S/C20H20FN7O4/c1-32-17-12(18-22-10-28(27-18)8-7-21)3-2-4-13(17)23-14-9-15(24-19(29)11-5-6-11)25-26-16(14)20(30)31/h2-4,9-11H,5-8H2,1H3,(H,30,31)(H2,23,24,25,29). The van der Waals surface area contributed by atoms with Crippen molar-refractivity contribution in [1.29, 1.82) is 0 Å². The normalized spacial score (nSPS) is 12.9. The first-order valence-corrected chi connectivity index (χ1v) is 9.82. The van der Waals surface area contributed by atoms with Crippen molar-refractivity contribution in [3.05, 3.63) is 36.3 Å². The third-order valence-electron chi connectivity index (χ3n) is 4.78. The number of para-hydroxylation sites is 1. The Kier molecular flexibility index (Phi) is 5.92. The molecule has 0 spiro atoms. The molecule has 2 aromatic heterocycles. The van der Waals surface area contributed by atoms with Gasteiger partial charge in [-0.15, -0.1) is 10.2 Å². The molecule has 1 aliphatic carbocycles. The average molecular weight is 441 g/mol. The fraction of sp³-hybridized carbons (Fsp3) is 0.300. The van der Waals surface area contributed by atoms with Gasteiger partial charge in [0.1, 0.15) is 13.0 Å². The van der Waals surface area contributed by atoms with Crippen molar-refractivity contribution in [3.8, 4) is 17.1 Å². The molecule has 0 atom stereocenters. The number of aromatic nitrogens is 5. The first kappa shape index (κ1) is 21.2. The largest absolute Gasteiger partial charge is 0.494 e. The number of nitrogens with zero attached hydrogens (tertiary/aromatic N) is 5. The van der Waals surface area contributed by atoms with Gasteiger partial charge in [0.2, 0.25) is 5.91 Å². The molecule has 4 rings (SSSR count). The Hall–Kier alpha value is -4.09. The fourth-order valence-corrected chi connectivity index (χ4v) is 3.07. The number of amides is 1. The van der Waals surface area contributed by atoms with E-state index < -0.39 is 12.6 Å². The molecule has 3 aromatic rings. The summed E-state index contributed by atoms with van der Waals surface area (Å²) in [7, 11) is 1.45. The third kappa shape index (κ3) is 4.48. The molecular weight excluding hydrogens is 421 g/mol. The van der Waals surface area contributed by atoms with E-state index in [4.69, 9.17) is 4.74 Å². The van der Waals surface area contributed by atoms with Gasteiger partial charge in [0.25, 0.3) is 0 Å². The summed E-state index contributed by atoms with van der Waals surface area (Å²) in [4.78, 5) is 27.9. The first-order valence-electron chi connectivity index (χ1n) is 9.82. The van der Waals surface area contributed by atoms with Gasteiger partial charge in [0, 0.05) is 12.0 Å². The Morgan fingerprint density at radius 2 is 2.09 bits per heavy atom. The van der Waals surface area contributed by atoms with Crippen LogP contribution in [-0.4, -0.2) is 55.7 Å². The summed E-state index contributed by atoms with van der Waals surface area (Å²) < 4.78 is 19.5. The number of aryl methyl sites for hydroxylation is 1. The molecule has 0 aliphatic heterocycles. The summed E-state index contributed by atoms with van der Waals surface area (Å²) >= 11 is 0. The number of benzene rings is 1. The number of carbonyl (C=O) groups is 2. The number of carboxylic acids is 1. The number of anilines is 3. The van der Waals surface area contributed by atoms with Gasteiger partial charge in [-0.05, 0) is 25.0 Å². The molecule has 1 amide bonds. The van der Waals surface area contributed by atoms with Gasteiger partial charge >= 0.3 is 5.97 Å². The van der Waals surface area contributed by atoms with Gasteiger partial charge in [-0.2, -0.15) is 5.10 Å². The number of nitrogens with one attached hydrogen (secondary N) is 2. The van der Waals surface area contributed by atoms with Crippen molar-refractivity contribution < 1.29 is 23.8 Å². The topological polar surface area (TPSA) is 144 Å². The molecule has 3 N–H and O–H groups in total. The minimum Gasteiger partial charge on any atom is -0.494 e. The molecule has 2 heterocycles. The van der Waals surface area contributed by atoms with Crippen molar-refractivity contribution in [1.82, 2.24) is 25.0 Å². The van der Waals surface area contributed by atoms with E-state index >= 15 is 0 Å². The zero-order chi connectivity index (χ0) is 22.7. The maximum Gasteiger partial charge on any atom is 0.358 e. The number of carboxylic acid groups (broad SMARTS) is 1. The van der Waals surface area contributed by atoms with Gasteiger partial charge in [-0.3, -0.25) is 4.79 Å². The molecule has 0 saturated heterocycles. The van der Waals surface area contributed by atoms with Gasteiger partial charge in [-0.25, -0.2) is 18.9 Å². The summed E-state index contributed by atoms with van der Waals surface area (Å²) in [5.74, 6) is -0.709. The van der Waals surface area contributed by atoms with Crippen LogP contribution in [0.1, 0.15) is 23.3 Å². The fourth-order valence-electron chi connectivity index (χ4n) is 3.07. The van der Waals surface area contributed by atoms with E-state index in [1.54, 1.807) is 18.2 Å². The number of rotatable bonds is 9. The highest BCUT2D eigenvalue weighted by atomic mass is 19.1. The summed E-state index contributed by atoms with van der Waals surface area (Å²) in [6, 6.07) is 6.51. The number of alkyl halides is 1. The predicted octanol–water partition coefficient (Wildman–Crippen LogP) is 2.50. The highest BCUT2D eigenvalue weighted by Gasteiger charge is 2.30. The average Bonchev–Trinajstić information content (AvgIpc) is 3.53. The molecule has 0 unspecified atom stereocenters. The smallest absolute Gasteiger partial charge is 0.358 e. The van der Waals surface area contributed by atoms with Crippen LogP contribution in [0.3, 0.4) is 0 Å². The Morgan fingerprint density at radius 1 is 1.28 bits per heavy atom. The lowest BCUT2D eigenvalue weighted by atomic mass is 10.1. The molecule has 32 heavy (non-hydrogen) atoms. The van der Waals surface area contributed by atoms with Crippen LogP contribution in [0, 0.1) is 5.92 Å². The van der Waals surface area contributed by atoms with Crippen LogP contribution < -0.4 is 15.4 Å². The van der Waals surface area contributed by atoms with Crippen LogP contribution in [-0.2, 0) is 11.3 Å². The number of halogens is 1. The van der Waals surface area contributed by atoms with Crippen molar-refractivity contribution in [3.63, 3.8) is 0 Å². The second-order valence-electron chi connectivity index (χ2n) is 7.09. The number of hydrogen-bond donors (Lipinski definition) is 3. The van der Waals surface area contributed by atoms with Crippen molar-refractivity contribution in [2.75, 3.05) is 24.4 Å². The van der Waals surface area contributed by atoms with E-state index in [0.29, 0.717) is 22.8 Å². The first-order chi connectivity index (χ1) is 15.5. The number of methoxy groups -OCH3 is 1. The van der Waals surface area contributed by atoms with Gasteiger partial charge in [-0.1, -0.05) is 6.07 Å². The molecule has 11 nitrogen and oxygen atoms in total. The second kappa shape index (κ2) is 8.96. The van der Waals surface area contributed by atoms with E-state index in [9.17, 15) is 19.1 Å². The summed E-state index contributed by atoms with van der Waals surface area (Å²) in [5, 5.41) is 26.9. The quantitative estimate of drug-likeness (QED) is 0.456. The molecule has 0 radical (unpaired) electrons. The predicted molar refractivity (Wildman–Crippen MR) is 112 cm³/mol. The Bertz CT molecular complexity index is 1160. The molecule has 166 valence electrons. The Morgan fingerprint density at radius 3 is 2.78 bits per heavy atom. The van der Waals surface area contributed by atoms with E-state index in [1.807, 2.05) is 0 Å². The summed E-state index contributed by atoms with van der Waals surface area (Å²) in [6.45, 7) is -0.499. The van der Waals surface area contributed by atoms with Crippen molar-refractivity contribution >= 4 is 29.1 Å². The van der Waals surface area contributed by atoms with E-state index in [0.717, 1.165) is 12.8 Å². The van der Waals surface area contributed by atoms with Crippen LogP contribution >= 0.6 is 0 Å². The number of ether oxygens (including phenoxy) is 1. The van der Waals surface area contributed by atoms with Crippen LogP contribution in [0.2, 0.25) is 0 Å². The zero-order valence-electron chi connectivity index (χ0n) is 17.1. The highest BCUT2D eigenvalue weighted by Crippen LogP contribution is 2.37. The van der Waals surface area contributed by atoms with Crippen LogP contribution in [0.5, 0.6) is 5.75 Å². The van der Waals surface area contributed by atoms with Gasteiger partial charge < -0.3 is 20.5 Å². The molecular formula is C20H20FN7O4. The van der Waals surface area contributed by atoms with E-state index in [-0.39, 0.29) is 35.6 Å². The molecule has 12 heteroatoms.